The number of carbonyl (C=O) groups excluding carboxylic acids is 2. The lowest BCUT2D eigenvalue weighted by atomic mass is 9.91. The van der Waals surface area contributed by atoms with Crippen LogP contribution in [-0.4, -0.2) is 28.3 Å². The van der Waals surface area contributed by atoms with Crippen LogP contribution < -0.4 is 10.6 Å². The molecule has 0 bridgehead atoms. The molecule has 0 unspecified atom stereocenters. The van der Waals surface area contributed by atoms with E-state index in [1.165, 1.54) is 0 Å². The number of fused-ring (bicyclic) bond motifs is 1. The van der Waals surface area contributed by atoms with Crippen molar-refractivity contribution in [2.45, 2.75) is 26.8 Å². The molecule has 0 aliphatic carbocycles. The number of para-hydroxylation sites is 1. The molecular weight excluding hydrogens is 340 g/mol. The first-order valence-corrected chi connectivity index (χ1v) is 9.00. The molecule has 0 atom stereocenters. The normalized spacial score (nSPS) is 11.3. The zero-order chi connectivity index (χ0) is 19.3. The molecule has 1 aromatic carbocycles. The van der Waals surface area contributed by atoms with Gasteiger partial charge in [0.05, 0.1) is 12.2 Å². The Bertz CT molecular complexity index is 932. The van der Waals surface area contributed by atoms with Gasteiger partial charge >= 0.3 is 0 Å². The van der Waals surface area contributed by atoms with Crippen LogP contribution in [0.1, 0.15) is 25.1 Å². The summed E-state index contributed by atoms with van der Waals surface area (Å²) in [5, 5.41) is 6.81. The maximum absolute atomic E-state index is 12.5. The third-order valence-corrected chi connectivity index (χ3v) is 4.65. The molecule has 0 spiro atoms. The highest BCUT2D eigenvalue weighted by Crippen LogP contribution is 2.19. The van der Waals surface area contributed by atoms with Crippen LogP contribution in [0, 0.1) is 5.41 Å². The average molecular weight is 364 g/mol. The summed E-state index contributed by atoms with van der Waals surface area (Å²) in [5.74, 6) is -0.612. The number of hydrogen-bond donors (Lipinski definition) is 3. The Balaban J connectivity index is 1.52. The highest BCUT2D eigenvalue weighted by molar-refractivity contribution is 6.04. The minimum Gasteiger partial charge on any atom is -0.361 e. The summed E-state index contributed by atoms with van der Waals surface area (Å²) in [6.07, 6.45) is 4.33. The number of H-pyrrole nitrogens is 1. The number of carbonyl (C=O) groups is 2. The summed E-state index contributed by atoms with van der Waals surface area (Å²) in [7, 11) is 0. The maximum Gasteiger partial charge on any atom is 0.235 e. The SMILES string of the molecule is CC(C)(C(=O)NCCc1c[nH]c2ccccc12)C(=O)NCc1ccccn1. The predicted molar refractivity (Wildman–Crippen MR) is 105 cm³/mol. The van der Waals surface area contributed by atoms with Crippen LogP contribution in [0.4, 0.5) is 0 Å². The molecular formula is C21H24N4O2. The van der Waals surface area contributed by atoms with Crippen molar-refractivity contribution in [3.05, 3.63) is 66.1 Å². The Hall–Kier alpha value is -3.15. The van der Waals surface area contributed by atoms with Crippen molar-refractivity contribution in [2.75, 3.05) is 6.54 Å². The van der Waals surface area contributed by atoms with Gasteiger partial charge in [-0.1, -0.05) is 24.3 Å². The summed E-state index contributed by atoms with van der Waals surface area (Å²) in [5.41, 5.74) is 1.81. The van der Waals surface area contributed by atoms with Gasteiger partial charge in [-0.15, -0.1) is 0 Å². The van der Waals surface area contributed by atoms with Gasteiger partial charge in [0.25, 0.3) is 0 Å². The lowest BCUT2D eigenvalue weighted by molar-refractivity contribution is -0.141. The predicted octanol–water partition coefficient (Wildman–Crippen LogP) is 2.56. The minimum absolute atomic E-state index is 0.291. The molecule has 6 nitrogen and oxygen atoms in total. The third-order valence-electron chi connectivity index (χ3n) is 4.65. The molecule has 0 fully saturated rings. The summed E-state index contributed by atoms with van der Waals surface area (Å²) >= 11 is 0. The lowest BCUT2D eigenvalue weighted by Crippen LogP contribution is -2.48. The van der Waals surface area contributed by atoms with E-state index in [1.54, 1.807) is 20.0 Å². The fourth-order valence-electron chi connectivity index (χ4n) is 2.87. The van der Waals surface area contributed by atoms with Crippen molar-refractivity contribution in [3.8, 4) is 0 Å². The van der Waals surface area contributed by atoms with Crippen LogP contribution in [0.15, 0.2) is 54.9 Å². The number of nitrogens with zero attached hydrogens (tertiary/aromatic N) is 1. The number of aromatic nitrogens is 2. The molecule has 2 aromatic heterocycles. The van der Waals surface area contributed by atoms with E-state index in [1.807, 2.05) is 42.6 Å². The van der Waals surface area contributed by atoms with E-state index < -0.39 is 5.41 Å². The molecule has 0 aliphatic rings. The van der Waals surface area contributed by atoms with Gasteiger partial charge in [0.15, 0.2) is 0 Å². The monoisotopic (exact) mass is 364 g/mol. The van der Waals surface area contributed by atoms with Crippen molar-refractivity contribution in [3.63, 3.8) is 0 Å². The fraction of sp³-hybridized carbons (Fsp3) is 0.286. The molecule has 0 saturated carbocycles. The number of benzene rings is 1. The van der Waals surface area contributed by atoms with E-state index in [9.17, 15) is 9.59 Å². The van der Waals surface area contributed by atoms with E-state index >= 15 is 0 Å². The molecule has 140 valence electrons. The van der Waals surface area contributed by atoms with Gasteiger partial charge in [0, 0.05) is 29.8 Å². The number of aromatic amines is 1. The number of rotatable bonds is 7. The van der Waals surface area contributed by atoms with Gasteiger partial charge in [0.1, 0.15) is 5.41 Å². The van der Waals surface area contributed by atoms with Crippen LogP contribution in [0.25, 0.3) is 10.9 Å². The van der Waals surface area contributed by atoms with Gasteiger partial charge < -0.3 is 15.6 Å². The largest absolute Gasteiger partial charge is 0.361 e. The summed E-state index contributed by atoms with van der Waals surface area (Å²) < 4.78 is 0. The Labute approximate surface area is 158 Å². The van der Waals surface area contributed by atoms with Gasteiger partial charge in [0.2, 0.25) is 11.8 Å². The summed E-state index contributed by atoms with van der Waals surface area (Å²) in [4.78, 5) is 32.3. The number of pyridine rings is 1. The second kappa shape index (κ2) is 8.03. The molecule has 0 aliphatic heterocycles. The van der Waals surface area contributed by atoms with E-state index in [0.717, 1.165) is 22.2 Å². The Morgan fingerprint density at radius 2 is 1.78 bits per heavy atom. The second-order valence-electron chi connectivity index (χ2n) is 6.99. The molecule has 3 rings (SSSR count). The quantitative estimate of drug-likeness (QED) is 0.563. The van der Waals surface area contributed by atoms with E-state index in [0.29, 0.717) is 19.5 Å². The highest BCUT2D eigenvalue weighted by atomic mass is 16.2. The van der Waals surface area contributed by atoms with Gasteiger partial charge in [-0.3, -0.25) is 14.6 Å². The molecule has 0 saturated heterocycles. The number of hydrogen-bond acceptors (Lipinski definition) is 3. The fourth-order valence-corrected chi connectivity index (χ4v) is 2.87. The molecule has 3 N–H and O–H groups in total. The first-order chi connectivity index (χ1) is 13.0. The van der Waals surface area contributed by atoms with Crippen molar-refractivity contribution in [1.29, 1.82) is 0 Å². The topological polar surface area (TPSA) is 86.9 Å². The Morgan fingerprint density at radius 1 is 1.04 bits per heavy atom. The Morgan fingerprint density at radius 3 is 2.56 bits per heavy atom. The van der Waals surface area contributed by atoms with Crippen molar-refractivity contribution >= 4 is 22.7 Å². The van der Waals surface area contributed by atoms with Crippen LogP contribution >= 0.6 is 0 Å². The number of nitrogens with one attached hydrogen (secondary N) is 3. The first kappa shape index (κ1) is 18.6. The zero-order valence-electron chi connectivity index (χ0n) is 15.6. The van der Waals surface area contributed by atoms with Crippen LogP contribution in [0.2, 0.25) is 0 Å². The van der Waals surface area contributed by atoms with Crippen LogP contribution in [0.5, 0.6) is 0 Å². The van der Waals surface area contributed by atoms with Crippen molar-refractivity contribution < 1.29 is 9.59 Å². The summed E-state index contributed by atoms with van der Waals surface area (Å²) in [6, 6.07) is 13.6. The molecule has 2 amide bonds. The minimum atomic E-state index is -1.16. The van der Waals surface area contributed by atoms with Crippen LogP contribution in [0.3, 0.4) is 0 Å². The molecule has 27 heavy (non-hydrogen) atoms. The lowest BCUT2D eigenvalue weighted by Gasteiger charge is -2.22. The third kappa shape index (κ3) is 4.34. The van der Waals surface area contributed by atoms with E-state index in [-0.39, 0.29) is 11.8 Å². The Kier molecular flexibility index (Phi) is 5.54. The van der Waals surface area contributed by atoms with E-state index in [4.69, 9.17) is 0 Å². The average Bonchev–Trinajstić information content (AvgIpc) is 3.10. The van der Waals surface area contributed by atoms with Gasteiger partial charge in [-0.05, 0) is 44.0 Å². The van der Waals surface area contributed by atoms with Crippen LogP contribution in [-0.2, 0) is 22.6 Å². The standard InChI is InChI=1S/C21H24N4O2/c1-21(2,20(27)25-14-16-7-5-6-11-22-16)19(26)23-12-10-15-13-24-18-9-4-3-8-17(15)18/h3-9,11,13,24H,10,12,14H2,1-2H3,(H,23,26)(H,25,27). The number of amides is 2. The van der Waals surface area contributed by atoms with Gasteiger partial charge in [-0.25, -0.2) is 0 Å². The molecule has 3 aromatic rings. The molecule has 2 heterocycles. The van der Waals surface area contributed by atoms with Crippen molar-refractivity contribution in [2.24, 2.45) is 5.41 Å². The summed E-state index contributed by atoms with van der Waals surface area (Å²) in [6.45, 7) is 4.02. The second-order valence-corrected chi connectivity index (χ2v) is 6.99. The molecule has 0 radical (unpaired) electrons. The first-order valence-electron chi connectivity index (χ1n) is 9.00. The van der Waals surface area contributed by atoms with Gasteiger partial charge in [-0.2, -0.15) is 0 Å². The highest BCUT2D eigenvalue weighted by Gasteiger charge is 2.35. The molecule has 6 heteroatoms. The van der Waals surface area contributed by atoms with Crippen molar-refractivity contribution in [1.82, 2.24) is 20.6 Å². The zero-order valence-corrected chi connectivity index (χ0v) is 15.6. The smallest absolute Gasteiger partial charge is 0.235 e. The van der Waals surface area contributed by atoms with E-state index in [2.05, 4.69) is 26.7 Å². The maximum atomic E-state index is 12.5.